The van der Waals surface area contributed by atoms with Crippen molar-refractivity contribution in [3.8, 4) is 0 Å². The van der Waals surface area contributed by atoms with E-state index >= 15 is 0 Å². The maximum atomic E-state index is 4.58. The molecule has 3 heterocycles. The Morgan fingerprint density at radius 1 is 1.27 bits per heavy atom. The monoisotopic (exact) mass is 302 g/mol. The van der Waals surface area contributed by atoms with Crippen LogP contribution in [0.25, 0.3) is 11.0 Å². The quantitative estimate of drug-likeness (QED) is 0.937. The van der Waals surface area contributed by atoms with Crippen LogP contribution in [0.4, 0.5) is 5.82 Å². The number of nitrogens with one attached hydrogen (secondary N) is 1. The molecule has 3 rings (SSSR count). The van der Waals surface area contributed by atoms with Gasteiger partial charge in [-0.05, 0) is 39.2 Å². The van der Waals surface area contributed by atoms with Crippen molar-refractivity contribution in [1.82, 2.24) is 24.6 Å². The van der Waals surface area contributed by atoms with Crippen molar-refractivity contribution in [2.75, 3.05) is 31.5 Å². The standard InChI is InChI=1S/C16H26N6/c1-11-6-5-8-22(10-11)9-7-17-15-14-12(2)20-21(4)16(14)19-13(3)18-15/h11H,5-10H2,1-4H3,(H,17,18,19)/t11-/m1/s1. The Kier molecular flexibility index (Phi) is 4.29. The number of piperidine rings is 1. The van der Waals surface area contributed by atoms with Crippen molar-refractivity contribution in [3.63, 3.8) is 0 Å². The molecule has 0 unspecified atom stereocenters. The summed E-state index contributed by atoms with van der Waals surface area (Å²) in [6.07, 6.45) is 2.68. The number of fused-ring (bicyclic) bond motifs is 1. The molecule has 1 aliphatic rings. The van der Waals surface area contributed by atoms with Gasteiger partial charge in [0.1, 0.15) is 11.6 Å². The van der Waals surface area contributed by atoms with Crippen molar-refractivity contribution < 1.29 is 0 Å². The largest absolute Gasteiger partial charge is 0.368 e. The second kappa shape index (κ2) is 6.20. The third kappa shape index (κ3) is 3.06. The zero-order valence-corrected chi connectivity index (χ0v) is 14.1. The van der Waals surface area contributed by atoms with Gasteiger partial charge >= 0.3 is 0 Å². The molecule has 1 N–H and O–H groups in total. The molecule has 0 amide bonds. The molecule has 120 valence electrons. The van der Waals surface area contributed by atoms with Gasteiger partial charge in [0.25, 0.3) is 0 Å². The number of aryl methyl sites for hydroxylation is 3. The lowest BCUT2D eigenvalue weighted by Crippen LogP contribution is -2.37. The van der Waals surface area contributed by atoms with Gasteiger partial charge < -0.3 is 10.2 Å². The predicted octanol–water partition coefficient (Wildman–Crippen LogP) is 2.12. The fraction of sp³-hybridized carbons (Fsp3) is 0.688. The predicted molar refractivity (Wildman–Crippen MR) is 89.1 cm³/mol. The summed E-state index contributed by atoms with van der Waals surface area (Å²) in [5, 5.41) is 9.00. The first-order valence-corrected chi connectivity index (χ1v) is 8.18. The Bertz CT molecular complexity index is 662. The smallest absolute Gasteiger partial charge is 0.163 e. The van der Waals surface area contributed by atoms with Crippen LogP contribution < -0.4 is 5.32 Å². The van der Waals surface area contributed by atoms with Crippen LogP contribution >= 0.6 is 0 Å². The summed E-state index contributed by atoms with van der Waals surface area (Å²) in [7, 11) is 1.93. The minimum absolute atomic E-state index is 0.782. The molecule has 0 aromatic carbocycles. The van der Waals surface area contributed by atoms with Gasteiger partial charge in [-0.3, -0.25) is 4.68 Å². The molecule has 22 heavy (non-hydrogen) atoms. The molecule has 0 bridgehead atoms. The van der Waals surface area contributed by atoms with Crippen LogP contribution in [-0.4, -0.2) is 50.8 Å². The molecule has 6 heteroatoms. The molecule has 1 aliphatic heterocycles. The molecule has 1 saturated heterocycles. The third-order valence-corrected chi connectivity index (χ3v) is 4.43. The Hall–Kier alpha value is -1.69. The minimum atomic E-state index is 0.782. The SMILES string of the molecule is Cc1nc(NCCN2CCC[C@@H](C)C2)c2c(C)nn(C)c2n1. The number of nitrogens with zero attached hydrogens (tertiary/aromatic N) is 5. The maximum Gasteiger partial charge on any atom is 0.163 e. The van der Waals surface area contributed by atoms with Crippen LogP contribution in [0.15, 0.2) is 0 Å². The molecule has 2 aromatic heterocycles. The fourth-order valence-corrected chi connectivity index (χ4v) is 3.40. The van der Waals surface area contributed by atoms with Gasteiger partial charge in [0.2, 0.25) is 0 Å². The minimum Gasteiger partial charge on any atom is -0.368 e. The van der Waals surface area contributed by atoms with E-state index in [2.05, 4.69) is 32.2 Å². The van der Waals surface area contributed by atoms with Crippen LogP contribution in [-0.2, 0) is 7.05 Å². The van der Waals surface area contributed by atoms with E-state index in [-0.39, 0.29) is 0 Å². The molecule has 0 aliphatic carbocycles. The lowest BCUT2D eigenvalue weighted by molar-refractivity contribution is 0.190. The average molecular weight is 302 g/mol. The summed E-state index contributed by atoms with van der Waals surface area (Å²) in [5.41, 5.74) is 1.88. The number of rotatable bonds is 4. The van der Waals surface area contributed by atoms with E-state index in [9.17, 15) is 0 Å². The van der Waals surface area contributed by atoms with E-state index < -0.39 is 0 Å². The number of hydrogen-bond donors (Lipinski definition) is 1. The Labute approximate surface area is 131 Å². The highest BCUT2D eigenvalue weighted by Gasteiger charge is 2.17. The molecular weight excluding hydrogens is 276 g/mol. The van der Waals surface area contributed by atoms with Gasteiger partial charge in [0.15, 0.2) is 5.65 Å². The summed E-state index contributed by atoms with van der Waals surface area (Å²) in [6.45, 7) is 10.7. The second-order valence-electron chi connectivity index (χ2n) is 6.50. The van der Waals surface area contributed by atoms with Gasteiger partial charge in [-0.25, -0.2) is 9.97 Å². The van der Waals surface area contributed by atoms with Crippen LogP contribution in [0.5, 0.6) is 0 Å². The Morgan fingerprint density at radius 3 is 2.86 bits per heavy atom. The number of anilines is 1. The van der Waals surface area contributed by atoms with E-state index in [1.165, 1.54) is 25.9 Å². The topological polar surface area (TPSA) is 58.9 Å². The summed E-state index contributed by atoms with van der Waals surface area (Å²) >= 11 is 0. The van der Waals surface area contributed by atoms with Gasteiger partial charge in [-0.1, -0.05) is 6.92 Å². The molecule has 1 fully saturated rings. The van der Waals surface area contributed by atoms with E-state index in [0.717, 1.165) is 47.4 Å². The van der Waals surface area contributed by atoms with Gasteiger partial charge in [-0.15, -0.1) is 0 Å². The summed E-state index contributed by atoms with van der Waals surface area (Å²) in [6, 6.07) is 0. The van der Waals surface area contributed by atoms with Gasteiger partial charge in [0, 0.05) is 26.7 Å². The Morgan fingerprint density at radius 2 is 2.09 bits per heavy atom. The van der Waals surface area contributed by atoms with Crippen LogP contribution in [0.3, 0.4) is 0 Å². The second-order valence-corrected chi connectivity index (χ2v) is 6.50. The van der Waals surface area contributed by atoms with Gasteiger partial charge in [0.05, 0.1) is 11.1 Å². The maximum absolute atomic E-state index is 4.58. The molecule has 0 saturated carbocycles. The fourth-order valence-electron chi connectivity index (χ4n) is 3.40. The van der Waals surface area contributed by atoms with E-state index in [4.69, 9.17) is 0 Å². The summed E-state index contributed by atoms with van der Waals surface area (Å²) in [4.78, 5) is 11.6. The molecule has 1 atom stereocenters. The van der Waals surface area contributed by atoms with Crippen LogP contribution in [0.2, 0.25) is 0 Å². The highest BCUT2D eigenvalue weighted by atomic mass is 15.3. The first kappa shape index (κ1) is 15.2. The lowest BCUT2D eigenvalue weighted by Gasteiger charge is -2.30. The zero-order valence-electron chi connectivity index (χ0n) is 14.1. The molecular formula is C16H26N6. The van der Waals surface area contributed by atoms with Crippen molar-refractivity contribution in [1.29, 1.82) is 0 Å². The molecule has 6 nitrogen and oxygen atoms in total. The number of aromatic nitrogens is 4. The Balaban J connectivity index is 1.71. The normalized spacial score (nSPS) is 19.7. The van der Waals surface area contributed by atoms with Crippen LogP contribution in [0.1, 0.15) is 31.3 Å². The van der Waals surface area contributed by atoms with Crippen molar-refractivity contribution >= 4 is 16.9 Å². The van der Waals surface area contributed by atoms with Gasteiger partial charge in [-0.2, -0.15) is 5.10 Å². The highest BCUT2D eigenvalue weighted by molar-refractivity contribution is 5.89. The number of likely N-dealkylation sites (tertiary alicyclic amines) is 1. The van der Waals surface area contributed by atoms with Crippen LogP contribution in [0, 0.1) is 19.8 Å². The average Bonchev–Trinajstić information content (AvgIpc) is 2.74. The van der Waals surface area contributed by atoms with Crippen molar-refractivity contribution in [3.05, 3.63) is 11.5 Å². The van der Waals surface area contributed by atoms with E-state index in [1.807, 2.05) is 25.6 Å². The lowest BCUT2D eigenvalue weighted by atomic mass is 10.0. The summed E-state index contributed by atoms with van der Waals surface area (Å²) < 4.78 is 1.83. The first-order chi connectivity index (χ1) is 10.5. The molecule has 0 radical (unpaired) electrons. The van der Waals surface area contributed by atoms with E-state index in [1.54, 1.807) is 0 Å². The van der Waals surface area contributed by atoms with Crippen molar-refractivity contribution in [2.24, 2.45) is 13.0 Å². The highest BCUT2D eigenvalue weighted by Crippen LogP contribution is 2.23. The third-order valence-electron chi connectivity index (χ3n) is 4.43. The number of hydrogen-bond acceptors (Lipinski definition) is 5. The molecule has 2 aromatic rings. The first-order valence-electron chi connectivity index (χ1n) is 8.18. The van der Waals surface area contributed by atoms with Crippen molar-refractivity contribution in [2.45, 2.75) is 33.6 Å². The zero-order chi connectivity index (χ0) is 15.7. The van der Waals surface area contributed by atoms with E-state index in [0.29, 0.717) is 0 Å². The molecule has 0 spiro atoms. The summed E-state index contributed by atoms with van der Waals surface area (Å²) in [5.74, 6) is 2.52.